The third-order valence-corrected chi connectivity index (χ3v) is 14.5. The van der Waals surface area contributed by atoms with E-state index in [1.807, 2.05) is 79.7 Å². The number of unbranched alkanes of at least 4 members (excludes halogenated alkanes) is 1. The predicted octanol–water partition coefficient (Wildman–Crippen LogP) is 10.00. The van der Waals surface area contributed by atoms with E-state index in [0.29, 0.717) is 46.2 Å². The van der Waals surface area contributed by atoms with E-state index in [4.69, 9.17) is 8.70 Å². The van der Waals surface area contributed by atoms with Crippen molar-refractivity contribution in [1.82, 2.24) is 10.1 Å². The molecule has 2 aliphatic rings. The summed E-state index contributed by atoms with van der Waals surface area (Å²) >= 11 is 3.43. The number of hydrogen-bond donors (Lipinski definition) is 2. The summed E-state index contributed by atoms with van der Waals surface area (Å²) in [4.78, 5) is 3.53. The first-order valence-electron chi connectivity index (χ1n) is 19.9. The van der Waals surface area contributed by atoms with E-state index in [2.05, 4.69) is 60.0 Å². The number of fused-ring (bicyclic) bond motifs is 2. The lowest BCUT2D eigenvalue weighted by atomic mass is 9.93. The van der Waals surface area contributed by atoms with Gasteiger partial charge < -0.3 is 9.32 Å². The van der Waals surface area contributed by atoms with Crippen LogP contribution < -0.4 is 20.3 Å². The molecule has 1 heterocycles. The van der Waals surface area contributed by atoms with E-state index < -0.39 is 30.0 Å². The zero-order valence-electron chi connectivity index (χ0n) is 33.8. The lowest BCUT2D eigenvalue weighted by Crippen LogP contribution is -2.29. The smallest absolute Gasteiger partial charge is 0.312 e. The summed E-state index contributed by atoms with van der Waals surface area (Å²) < 4.78 is 78.1. The second-order valence-corrected chi connectivity index (χ2v) is 19.1. The average Bonchev–Trinajstić information content (AvgIpc) is 3.24. The molecule has 0 saturated carbocycles. The van der Waals surface area contributed by atoms with Crippen LogP contribution in [0.5, 0.6) is 0 Å². The Bertz CT molecular complexity index is 2600. The minimum Gasteiger partial charge on any atom is -0.456 e. The van der Waals surface area contributed by atoms with Gasteiger partial charge in [0.25, 0.3) is 10.1 Å². The molecule has 4 aromatic rings. The normalized spacial score (nSPS) is 13.2. The molecule has 14 heteroatoms. The van der Waals surface area contributed by atoms with Crippen molar-refractivity contribution in [2.24, 2.45) is 5.92 Å². The van der Waals surface area contributed by atoms with Gasteiger partial charge in [-0.1, -0.05) is 87.3 Å². The molecule has 6 rings (SSSR count). The summed E-state index contributed by atoms with van der Waals surface area (Å²) in [5.74, 6) is 2.06. The van der Waals surface area contributed by atoms with Crippen molar-refractivity contribution in [3.05, 3.63) is 121 Å². The van der Waals surface area contributed by atoms with Gasteiger partial charge >= 0.3 is 10.1 Å². The fraction of sp³-hybridized carbons (Fsp3) is 0.311. The first kappa shape index (κ1) is 44.4. The molecular formula is C45H52N3O7S4+. The van der Waals surface area contributed by atoms with Crippen molar-refractivity contribution in [3.8, 4) is 22.5 Å². The minimum absolute atomic E-state index is 0.121. The second-order valence-electron chi connectivity index (χ2n) is 14.2. The summed E-state index contributed by atoms with van der Waals surface area (Å²) in [6.07, 6.45) is 3.81. The molecule has 1 unspecified atom stereocenters. The van der Waals surface area contributed by atoms with Gasteiger partial charge in [0.1, 0.15) is 22.8 Å². The molecule has 0 saturated heterocycles. The highest BCUT2D eigenvalue weighted by molar-refractivity contribution is 7.99. The topological polar surface area (TPSA) is 129 Å². The summed E-state index contributed by atoms with van der Waals surface area (Å²) in [5, 5.41) is 1.49. The number of rotatable bonds is 20. The van der Waals surface area contributed by atoms with Gasteiger partial charge in [0.2, 0.25) is 5.36 Å². The van der Waals surface area contributed by atoms with Gasteiger partial charge in [0.15, 0.2) is 5.88 Å². The van der Waals surface area contributed by atoms with E-state index in [0.717, 1.165) is 65.7 Å². The molecule has 0 bridgehead atoms. The van der Waals surface area contributed by atoms with Crippen LogP contribution in [-0.4, -0.2) is 52.8 Å². The highest BCUT2D eigenvalue weighted by Gasteiger charge is 2.28. The van der Waals surface area contributed by atoms with Crippen LogP contribution in [0.25, 0.3) is 33.4 Å². The molecule has 0 fully saturated rings. The third kappa shape index (κ3) is 11.2. The number of hydroxylamine groups is 1. The Balaban J connectivity index is 1.48. The lowest BCUT2D eigenvalue weighted by Gasteiger charge is -2.24. The van der Waals surface area contributed by atoms with Gasteiger partial charge in [-0.15, -0.1) is 11.8 Å². The Labute approximate surface area is 356 Å². The summed E-state index contributed by atoms with van der Waals surface area (Å²) in [6, 6.07) is 35.6. The third-order valence-electron chi connectivity index (χ3n) is 10.3. The number of benzene rings is 5. The standard InChI is InChI=1S/C45H51N3O7S4/c1-5-9-16-33(6-2)30-46-55-59(52,53)38-23-26-41(44(29-38)58(49,50)51)45-39-24-21-34(47(7-3)31-56-36-17-12-10-13-18-36)27-42(39)54-43-28-35(22-25-40(43)45)48(8-4)32-57-37-19-14-11-15-20-37/h10-15,17-29,33,46H,5-9,16,30-32H2,1-4H3/p+1. The monoisotopic (exact) mass is 874 g/mol. The van der Waals surface area contributed by atoms with Crippen LogP contribution in [0, 0.1) is 5.92 Å². The van der Waals surface area contributed by atoms with Crippen LogP contribution in [0.1, 0.15) is 53.4 Å². The van der Waals surface area contributed by atoms with E-state index in [1.54, 1.807) is 23.5 Å². The number of nitrogens with one attached hydrogen (secondary N) is 1. The number of hydrogen-bond acceptors (Lipinski definition) is 10. The quantitative estimate of drug-likeness (QED) is 0.0190. The molecule has 4 aromatic carbocycles. The van der Waals surface area contributed by atoms with Crippen LogP contribution in [-0.2, 0) is 24.5 Å². The molecule has 2 N–H and O–H groups in total. The molecule has 1 aliphatic heterocycles. The van der Waals surface area contributed by atoms with Crippen LogP contribution in [0.15, 0.2) is 139 Å². The van der Waals surface area contributed by atoms with Gasteiger partial charge in [0.05, 0.1) is 16.8 Å². The highest BCUT2D eigenvalue weighted by Crippen LogP contribution is 2.44. The first-order chi connectivity index (χ1) is 28.4. The zero-order chi connectivity index (χ0) is 42.0. The maximum Gasteiger partial charge on any atom is 0.312 e. The minimum atomic E-state index is -4.96. The van der Waals surface area contributed by atoms with E-state index >= 15 is 0 Å². The highest BCUT2D eigenvalue weighted by atomic mass is 32.2. The first-order valence-corrected chi connectivity index (χ1v) is 24.7. The molecule has 312 valence electrons. The van der Waals surface area contributed by atoms with Gasteiger partial charge in [-0.25, -0.2) is 4.58 Å². The van der Waals surface area contributed by atoms with Gasteiger partial charge in [-0.05, 0) is 80.8 Å². The molecule has 0 amide bonds. The fourth-order valence-electron chi connectivity index (χ4n) is 6.89. The summed E-state index contributed by atoms with van der Waals surface area (Å²) in [6.45, 7) is 10.1. The van der Waals surface area contributed by atoms with Crippen molar-refractivity contribution in [2.45, 2.75) is 73.0 Å². The van der Waals surface area contributed by atoms with Crippen molar-refractivity contribution >= 4 is 60.4 Å². The molecule has 1 atom stereocenters. The molecule has 0 spiro atoms. The van der Waals surface area contributed by atoms with E-state index in [-0.39, 0.29) is 11.5 Å². The lowest BCUT2D eigenvalue weighted by molar-refractivity contribution is 0.179. The Hall–Kier alpha value is -4.15. The van der Waals surface area contributed by atoms with Crippen molar-refractivity contribution in [2.75, 3.05) is 36.3 Å². The Morgan fingerprint density at radius 1 is 0.814 bits per heavy atom. The van der Waals surface area contributed by atoms with Crippen molar-refractivity contribution in [3.63, 3.8) is 0 Å². The number of thioether (sulfide) groups is 2. The van der Waals surface area contributed by atoms with Gasteiger partial charge in [0, 0.05) is 62.8 Å². The second kappa shape index (κ2) is 20.4. The van der Waals surface area contributed by atoms with Crippen molar-refractivity contribution in [1.29, 1.82) is 0 Å². The maximum atomic E-state index is 13.4. The molecular weight excluding hydrogens is 823 g/mol. The largest absolute Gasteiger partial charge is 0.456 e. The molecule has 59 heavy (non-hydrogen) atoms. The number of anilines is 1. The van der Waals surface area contributed by atoms with Crippen LogP contribution in [0.4, 0.5) is 5.69 Å². The molecule has 0 aromatic heterocycles. The van der Waals surface area contributed by atoms with Crippen LogP contribution in [0.3, 0.4) is 0 Å². The Morgan fingerprint density at radius 3 is 2.15 bits per heavy atom. The Kier molecular flexibility index (Phi) is 15.4. The van der Waals surface area contributed by atoms with Crippen molar-refractivity contribution < 1.29 is 30.1 Å². The summed E-state index contributed by atoms with van der Waals surface area (Å²) in [7, 11) is -9.42. The zero-order valence-corrected chi connectivity index (χ0v) is 37.1. The summed E-state index contributed by atoms with van der Waals surface area (Å²) in [5.41, 5.74) is 5.17. The number of nitrogens with zero attached hydrogens (tertiary/aromatic N) is 2. The predicted molar refractivity (Wildman–Crippen MR) is 241 cm³/mol. The van der Waals surface area contributed by atoms with E-state index in [9.17, 15) is 21.4 Å². The molecule has 1 aliphatic carbocycles. The van der Waals surface area contributed by atoms with Gasteiger partial charge in [-0.3, -0.25) is 4.55 Å². The SMILES string of the molecule is CCCCC(CC)CNOS(=O)(=O)c1ccc(-c2c3cc/c(=[N+](\CC)CSc4ccccc4)cc-3oc3cc(N(CC)CSc4ccccc4)ccc23)c(S(=O)(=O)O)c1. The molecule has 10 nitrogen and oxygen atoms in total. The van der Waals surface area contributed by atoms with Crippen LogP contribution in [0.2, 0.25) is 0 Å². The van der Waals surface area contributed by atoms with E-state index in [1.165, 1.54) is 12.1 Å². The average molecular weight is 875 g/mol. The van der Waals surface area contributed by atoms with Gasteiger partial charge in [-0.2, -0.15) is 26.6 Å². The Morgan fingerprint density at radius 2 is 1.51 bits per heavy atom. The maximum absolute atomic E-state index is 13.4. The fourth-order valence-corrected chi connectivity index (χ4v) is 10.5. The molecule has 0 radical (unpaired) electrons. The van der Waals surface area contributed by atoms with Crippen LogP contribution >= 0.6 is 23.5 Å².